The normalized spacial score (nSPS) is 10.1. The van der Waals surface area contributed by atoms with E-state index in [0.29, 0.717) is 10.6 Å². The van der Waals surface area contributed by atoms with Gasteiger partial charge in [-0.1, -0.05) is 35.9 Å². The number of nitrogens with zero attached hydrogens (tertiary/aromatic N) is 1. The van der Waals surface area contributed by atoms with E-state index in [1.807, 2.05) is 0 Å². The highest BCUT2D eigenvalue weighted by atomic mass is 35.5. The number of nitro benzene ring substituents is 1. The van der Waals surface area contributed by atoms with Crippen molar-refractivity contribution < 1.29 is 9.66 Å². The first-order valence-corrected chi connectivity index (χ1v) is 5.58. The molecule has 0 amide bonds. The molecule has 0 bridgehead atoms. The summed E-state index contributed by atoms with van der Waals surface area (Å²) in [5, 5.41) is 11.5. The van der Waals surface area contributed by atoms with E-state index >= 15 is 0 Å². The molecule has 0 heterocycles. The van der Waals surface area contributed by atoms with Gasteiger partial charge in [0, 0.05) is 16.7 Å². The van der Waals surface area contributed by atoms with Gasteiger partial charge in [0.05, 0.1) is 12.0 Å². The molecule has 0 atom stereocenters. The molecule has 0 radical (unpaired) electrons. The summed E-state index contributed by atoms with van der Waals surface area (Å²) in [5.41, 5.74) is 1.44. The minimum Gasteiger partial charge on any atom is -0.490 e. The van der Waals surface area contributed by atoms with Crippen LogP contribution in [0.1, 0.15) is 0 Å². The molecular weight excluding hydrogens is 254 g/mol. The number of hydrogen-bond donors (Lipinski definition) is 0. The Morgan fingerprint density at radius 1 is 1.17 bits per heavy atom. The molecule has 0 aliphatic rings. The number of halogens is 1. The average molecular weight is 264 g/mol. The van der Waals surface area contributed by atoms with E-state index in [2.05, 4.69) is 0 Å². The Bertz CT molecular complexity index is 581. The van der Waals surface area contributed by atoms with E-state index in [0.717, 1.165) is 5.56 Å². The first kappa shape index (κ1) is 12.4. The van der Waals surface area contributed by atoms with Crippen LogP contribution < -0.4 is 4.74 Å². The Morgan fingerprint density at radius 2 is 1.83 bits per heavy atom. The zero-order chi connectivity index (χ0) is 13.1. The van der Waals surface area contributed by atoms with E-state index in [4.69, 9.17) is 16.3 Å². The summed E-state index contributed by atoms with van der Waals surface area (Å²) in [7, 11) is 1.42. The summed E-state index contributed by atoms with van der Waals surface area (Å²) in [6, 6.07) is 11.9. The standard InChI is InChI=1S/C13H10ClNO3/c1-18-13-11(3-2-4-12(13)15(16)17)9-5-7-10(14)8-6-9/h2-8H,1H3. The molecule has 0 N–H and O–H groups in total. The van der Waals surface area contributed by atoms with Gasteiger partial charge in [-0.05, 0) is 17.7 Å². The van der Waals surface area contributed by atoms with Crippen molar-refractivity contribution in [3.8, 4) is 16.9 Å². The Hall–Kier alpha value is -2.07. The molecule has 2 aromatic carbocycles. The van der Waals surface area contributed by atoms with Crippen LogP contribution in [0.5, 0.6) is 5.75 Å². The van der Waals surface area contributed by atoms with Crippen LogP contribution in [-0.2, 0) is 0 Å². The second kappa shape index (κ2) is 5.06. The Morgan fingerprint density at radius 3 is 2.39 bits per heavy atom. The second-order valence-electron chi connectivity index (χ2n) is 3.62. The Labute approximate surface area is 109 Å². The molecule has 0 saturated heterocycles. The molecule has 4 nitrogen and oxygen atoms in total. The van der Waals surface area contributed by atoms with E-state index in [-0.39, 0.29) is 11.4 Å². The maximum absolute atomic E-state index is 10.9. The van der Waals surface area contributed by atoms with E-state index in [9.17, 15) is 10.1 Å². The quantitative estimate of drug-likeness (QED) is 0.623. The topological polar surface area (TPSA) is 52.4 Å². The number of ether oxygens (including phenoxy) is 1. The molecule has 18 heavy (non-hydrogen) atoms. The fourth-order valence-corrected chi connectivity index (χ4v) is 1.87. The zero-order valence-electron chi connectivity index (χ0n) is 9.59. The molecule has 0 aliphatic heterocycles. The molecule has 2 rings (SSSR count). The molecule has 92 valence electrons. The smallest absolute Gasteiger partial charge is 0.311 e. The van der Waals surface area contributed by atoms with Gasteiger partial charge in [0.2, 0.25) is 5.75 Å². The summed E-state index contributed by atoms with van der Waals surface area (Å²) in [6.45, 7) is 0. The van der Waals surface area contributed by atoms with Crippen molar-refractivity contribution >= 4 is 17.3 Å². The van der Waals surface area contributed by atoms with Crippen molar-refractivity contribution in [1.29, 1.82) is 0 Å². The lowest BCUT2D eigenvalue weighted by atomic mass is 10.0. The zero-order valence-corrected chi connectivity index (χ0v) is 10.3. The van der Waals surface area contributed by atoms with Gasteiger partial charge < -0.3 is 4.74 Å². The van der Waals surface area contributed by atoms with Gasteiger partial charge in [-0.3, -0.25) is 10.1 Å². The molecule has 5 heteroatoms. The Kier molecular flexibility index (Phi) is 3.48. The highest BCUT2D eigenvalue weighted by molar-refractivity contribution is 6.30. The molecule has 0 spiro atoms. The minimum atomic E-state index is -0.460. The minimum absolute atomic E-state index is 0.0510. The summed E-state index contributed by atoms with van der Waals surface area (Å²) in [6.07, 6.45) is 0. The fraction of sp³-hybridized carbons (Fsp3) is 0.0769. The van der Waals surface area contributed by atoms with Gasteiger partial charge >= 0.3 is 5.69 Å². The van der Waals surface area contributed by atoms with Gasteiger partial charge in [-0.25, -0.2) is 0 Å². The lowest BCUT2D eigenvalue weighted by molar-refractivity contribution is -0.385. The molecule has 0 unspecified atom stereocenters. The molecule has 0 aromatic heterocycles. The van der Waals surface area contributed by atoms with Crippen LogP contribution in [0.2, 0.25) is 5.02 Å². The van der Waals surface area contributed by atoms with Crippen LogP contribution in [0.4, 0.5) is 5.69 Å². The summed E-state index contributed by atoms with van der Waals surface area (Å²) in [5.74, 6) is 0.254. The SMILES string of the molecule is COc1c(-c2ccc(Cl)cc2)cccc1[N+](=O)[O-]. The fourth-order valence-electron chi connectivity index (χ4n) is 1.74. The lowest BCUT2D eigenvalue weighted by Crippen LogP contribution is -1.95. The predicted octanol–water partition coefficient (Wildman–Crippen LogP) is 3.92. The third kappa shape index (κ3) is 2.28. The monoisotopic (exact) mass is 263 g/mol. The molecule has 0 saturated carbocycles. The molecule has 0 fully saturated rings. The maximum atomic E-state index is 10.9. The predicted molar refractivity (Wildman–Crippen MR) is 70.1 cm³/mol. The van der Waals surface area contributed by atoms with Crippen LogP contribution in [0.3, 0.4) is 0 Å². The van der Waals surface area contributed by atoms with Crippen LogP contribution in [0, 0.1) is 10.1 Å². The lowest BCUT2D eigenvalue weighted by Gasteiger charge is -2.08. The van der Waals surface area contributed by atoms with Crippen molar-refractivity contribution in [2.45, 2.75) is 0 Å². The second-order valence-corrected chi connectivity index (χ2v) is 4.06. The van der Waals surface area contributed by atoms with Gasteiger partial charge in [-0.15, -0.1) is 0 Å². The number of hydrogen-bond acceptors (Lipinski definition) is 3. The van der Waals surface area contributed by atoms with E-state index in [1.54, 1.807) is 36.4 Å². The average Bonchev–Trinajstić information content (AvgIpc) is 2.38. The number of methoxy groups -OCH3 is 1. The first-order valence-electron chi connectivity index (χ1n) is 5.21. The van der Waals surface area contributed by atoms with Crippen LogP contribution >= 0.6 is 11.6 Å². The molecule has 0 aliphatic carbocycles. The first-order chi connectivity index (χ1) is 8.63. The van der Waals surface area contributed by atoms with Gasteiger partial charge in [0.15, 0.2) is 0 Å². The van der Waals surface area contributed by atoms with Gasteiger partial charge in [0.1, 0.15) is 0 Å². The largest absolute Gasteiger partial charge is 0.490 e. The molecular formula is C13H10ClNO3. The van der Waals surface area contributed by atoms with Crippen molar-refractivity contribution in [2.24, 2.45) is 0 Å². The van der Waals surface area contributed by atoms with Gasteiger partial charge in [0.25, 0.3) is 0 Å². The molecule has 2 aromatic rings. The van der Waals surface area contributed by atoms with Crippen molar-refractivity contribution in [3.63, 3.8) is 0 Å². The van der Waals surface area contributed by atoms with Gasteiger partial charge in [-0.2, -0.15) is 0 Å². The number of benzene rings is 2. The third-order valence-corrected chi connectivity index (χ3v) is 2.80. The third-order valence-electron chi connectivity index (χ3n) is 2.55. The summed E-state index contributed by atoms with van der Waals surface area (Å²) >= 11 is 5.82. The van der Waals surface area contributed by atoms with Crippen molar-refractivity contribution in [3.05, 3.63) is 57.6 Å². The summed E-state index contributed by atoms with van der Waals surface area (Å²) in [4.78, 5) is 10.5. The highest BCUT2D eigenvalue weighted by Gasteiger charge is 2.18. The Balaban J connectivity index is 2.60. The number of rotatable bonds is 3. The van der Waals surface area contributed by atoms with Crippen LogP contribution in [-0.4, -0.2) is 12.0 Å². The highest BCUT2D eigenvalue weighted by Crippen LogP contribution is 2.37. The van der Waals surface area contributed by atoms with Crippen LogP contribution in [0.25, 0.3) is 11.1 Å². The summed E-state index contributed by atoms with van der Waals surface area (Å²) < 4.78 is 5.15. The maximum Gasteiger partial charge on any atom is 0.311 e. The van der Waals surface area contributed by atoms with Crippen molar-refractivity contribution in [2.75, 3.05) is 7.11 Å². The van der Waals surface area contributed by atoms with E-state index < -0.39 is 4.92 Å². The van der Waals surface area contributed by atoms with Crippen LogP contribution in [0.15, 0.2) is 42.5 Å². The number of nitro groups is 1. The number of para-hydroxylation sites is 1. The van der Waals surface area contributed by atoms with E-state index in [1.165, 1.54) is 13.2 Å². The van der Waals surface area contributed by atoms with Crippen molar-refractivity contribution in [1.82, 2.24) is 0 Å².